The predicted octanol–water partition coefficient (Wildman–Crippen LogP) is 2.67. The molecule has 1 aliphatic heterocycles. The molecule has 0 aliphatic carbocycles. The van der Waals surface area contributed by atoms with Crippen molar-refractivity contribution in [2.75, 3.05) is 19.6 Å². The van der Waals surface area contributed by atoms with Crippen LogP contribution in [0.4, 0.5) is 0 Å². The second-order valence-corrected chi connectivity index (χ2v) is 3.79. The van der Waals surface area contributed by atoms with Crippen LogP contribution >= 0.6 is 0 Å². The Bertz CT molecular complexity index is 169. The zero-order chi connectivity index (χ0) is 9.36. The Balaban J connectivity index is 2.04. The van der Waals surface area contributed by atoms with Crippen LogP contribution in [-0.2, 0) is 0 Å². The highest BCUT2D eigenvalue weighted by molar-refractivity contribution is 5.01. The van der Waals surface area contributed by atoms with Gasteiger partial charge in [0.05, 0.1) is 6.54 Å². The molecule has 0 aromatic carbocycles. The van der Waals surface area contributed by atoms with Gasteiger partial charge in [-0.3, -0.25) is 4.90 Å². The third kappa shape index (κ3) is 4.95. The average molecular weight is 179 g/mol. The zero-order valence-corrected chi connectivity index (χ0v) is 8.81. The van der Waals surface area contributed by atoms with Crippen molar-refractivity contribution in [3.63, 3.8) is 0 Å². The lowest BCUT2D eigenvalue weighted by atomic mass is 10.1. The Hall–Kier alpha value is -0.480. The third-order valence-corrected chi connectivity index (χ3v) is 2.53. The molecule has 1 fully saturated rings. The molecule has 0 N–H and O–H groups in total. The Morgan fingerprint density at radius 1 is 1.08 bits per heavy atom. The van der Waals surface area contributed by atoms with E-state index in [-0.39, 0.29) is 0 Å². The summed E-state index contributed by atoms with van der Waals surface area (Å²) in [5.41, 5.74) is 0. The summed E-state index contributed by atoms with van der Waals surface area (Å²) in [6.45, 7) is 5.75. The summed E-state index contributed by atoms with van der Waals surface area (Å²) >= 11 is 0. The van der Waals surface area contributed by atoms with E-state index in [2.05, 4.69) is 23.7 Å². The van der Waals surface area contributed by atoms with Gasteiger partial charge in [-0.15, -0.1) is 5.92 Å². The molecular formula is C12H21N. The fourth-order valence-corrected chi connectivity index (χ4v) is 1.64. The molecule has 0 radical (unpaired) electrons. The molecular weight excluding hydrogens is 158 g/mol. The SMILES string of the molecule is CCCCC#CCN1CCCCC1. The highest BCUT2D eigenvalue weighted by atomic mass is 15.1. The van der Waals surface area contributed by atoms with Crippen LogP contribution in [0.3, 0.4) is 0 Å². The van der Waals surface area contributed by atoms with Gasteiger partial charge in [0.15, 0.2) is 0 Å². The summed E-state index contributed by atoms with van der Waals surface area (Å²) in [4.78, 5) is 2.47. The maximum absolute atomic E-state index is 3.27. The summed E-state index contributed by atoms with van der Waals surface area (Å²) in [5.74, 6) is 6.51. The van der Waals surface area contributed by atoms with Gasteiger partial charge in [-0.1, -0.05) is 25.7 Å². The summed E-state index contributed by atoms with van der Waals surface area (Å²) < 4.78 is 0. The Morgan fingerprint density at radius 2 is 1.85 bits per heavy atom. The van der Waals surface area contributed by atoms with Crippen molar-refractivity contribution in [2.24, 2.45) is 0 Å². The molecule has 0 amide bonds. The molecule has 1 heteroatoms. The van der Waals surface area contributed by atoms with Gasteiger partial charge in [-0.05, 0) is 32.4 Å². The maximum Gasteiger partial charge on any atom is 0.0601 e. The molecule has 0 spiro atoms. The van der Waals surface area contributed by atoms with Gasteiger partial charge in [0, 0.05) is 6.42 Å². The van der Waals surface area contributed by atoms with Gasteiger partial charge in [-0.25, -0.2) is 0 Å². The van der Waals surface area contributed by atoms with Gasteiger partial charge in [0.1, 0.15) is 0 Å². The quantitative estimate of drug-likeness (QED) is 0.475. The van der Waals surface area contributed by atoms with Gasteiger partial charge in [0.25, 0.3) is 0 Å². The second kappa shape index (κ2) is 6.97. The van der Waals surface area contributed by atoms with Crippen molar-refractivity contribution in [2.45, 2.75) is 45.4 Å². The van der Waals surface area contributed by atoms with Gasteiger partial charge in [-0.2, -0.15) is 0 Å². The maximum atomic E-state index is 3.27. The molecule has 0 saturated carbocycles. The Labute approximate surface area is 82.5 Å². The van der Waals surface area contributed by atoms with Crippen LogP contribution in [0.5, 0.6) is 0 Å². The van der Waals surface area contributed by atoms with E-state index in [4.69, 9.17) is 0 Å². The van der Waals surface area contributed by atoms with Gasteiger partial charge in [0.2, 0.25) is 0 Å². The first-order valence-electron chi connectivity index (χ1n) is 5.61. The minimum Gasteiger partial charge on any atom is -0.292 e. The number of piperidine rings is 1. The first-order valence-corrected chi connectivity index (χ1v) is 5.61. The molecule has 1 aliphatic rings. The molecule has 1 nitrogen and oxygen atoms in total. The van der Waals surface area contributed by atoms with E-state index in [9.17, 15) is 0 Å². The molecule has 1 saturated heterocycles. The topological polar surface area (TPSA) is 3.24 Å². The first kappa shape index (κ1) is 10.6. The lowest BCUT2D eigenvalue weighted by molar-refractivity contribution is 0.255. The lowest BCUT2D eigenvalue weighted by Gasteiger charge is -2.23. The van der Waals surface area contributed by atoms with Crippen LogP contribution in [0.15, 0.2) is 0 Å². The number of hydrogen-bond donors (Lipinski definition) is 0. The highest BCUT2D eigenvalue weighted by Gasteiger charge is 2.07. The van der Waals surface area contributed by atoms with Crippen molar-refractivity contribution < 1.29 is 0 Å². The van der Waals surface area contributed by atoms with E-state index in [1.807, 2.05) is 0 Å². The fraction of sp³-hybridized carbons (Fsp3) is 0.833. The van der Waals surface area contributed by atoms with E-state index in [1.165, 1.54) is 45.2 Å². The molecule has 1 rings (SSSR count). The summed E-state index contributed by atoms with van der Waals surface area (Å²) in [6.07, 6.45) is 7.77. The van der Waals surface area contributed by atoms with E-state index >= 15 is 0 Å². The van der Waals surface area contributed by atoms with Gasteiger partial charge < -0.3 is 0 Å². The van der Waals surface area contributed by atoms with Crippen molar-refractivity contribution >= 4 is 0 Å². The standard InChI is InChI=1S/C12H21N/c1-2-3-4-5-7-10-13-11-8-6-9-12-13/h2-4,6,8-12H2,1H3. The largest absolute Gasteiger partial charge is 0.292 e. The minimum atomic E-state index is 1.00. The second-order valence-electron chi connectivity index (χ2n) is 3.79. The predicted molar refractivity (Wildman–Crippen MR) is 57.6 cm³/mol. The molecule has 0 unspecified atom stereocenters. The van der Waals surface area contributed by atoms with Crippen LogP contribution in [0, 0.1) is 11.8 Å². The van der Waals surface area contributed by atoms with E-state index in [1.54, 1.807) is 0 Å². The van der Waals surface area contributed by atoms with Gasteiger partial charge >= 0.3 is 0 Å². The third-order valence-electron chi connectivity index (χ3n) is 2.53. The monoisotopic (exact) mass is 179 g/mol. The molecule has 0 aromatic heterocycles. The lowest BCUT2D eigenvalue weighted by Crippen LogP contribution is -2.29. The van der Waals surface area contributed by atoms with Crippen LogP contribution in [0.2, 0.25) is 0 Å². The number of nitrogens with zero attached hydrogens (tertiary/aromatic N) is 1. The number of unbranched alkanes of at least 4 members (excludes halogenated alkanes) is 2. The number of likely N-dealkylation sites (tertiary alicyclic amines) is 1. The summed E-state index contributed by atoms with van der Waals surface area (Å²) in [7, 11) is 0. The van der Waals surface area contributed by atoms with Crippen LogP contribution in [0.25, 0.3) is 0 Å². The first-order chi connectivity index (χ1) is 6.43. The van der Waals surface area contributed by atoms with Crippen LogP contribution in [0.1, 0.15) is 45.4 Å². The number of rotatable bonds is 3. The molecule has 74 valence electrons. The van der Waals surface area contributed by atoms with Crippen molar-refractivity contribution in [3.8, 4) is 11.8 Å². The summed E-state index contributed by atoms with van der Waals surface area (Å²) in [6, 6.07) is 0. The van der Waals surface area contributed by atoms with E-state index in [0.717, 1.165) is 13.0 Å². The fourth-order valence-electron chi connectivity index (χ4n) is 1.64. The molecule has 0 bridgehead atoms. The van der Waals surface area contributed by atoms with E-state index < -0.39 is 0 Å². The number of hydrogen-bond acceptors (Lipinski definition) is 1. The summed E-state index contributed by atoms with van der Waals surface area (Å²) in [5, 5.41) is 0. The molecule has 0 aromatic rings. The zero-order valence-electron chi connectivity index (χ0n) is 8.81. The van der Waals surface area contributed by atoms with Crippen LogP contribution < -0.4 is 0 Å². The highest BCUT2D eigenvalue weighted by Crippen LogP contribution is 2.07. The van der Waals surface area contributed by atoms with E-state index in [0.29, 0.717) is 0 Å². The van der Waals surface area contributed by atoms with Crippen molar-refractivity contribution in [1.82, 2.24) is 4.90 Å². The normalized spacial score (nSPS) is 17.9. The average Bonchev–Trinajstić information content (AvgIpc) is 2.19. The smallest absolute Gasteiger partial charge is 0.0601 e. The van der Waals surface area contributed by atoms with Crippen molar-refractivity contribution in [1.29, 1.82) is 0 Å². The Kier molecular flexibility index (Phi) is 5.69. The molecule has 0 atom stereocenters. The van der Waals surface area contributed by atoms with Crippen LogP contribution in [-0.4, -0.2) is 24.5 Å². The minimum absolute atomic E-state index is 1.00. The van der Waals surface area contributed by atoms with Crippen molar-refractivity contribution in [3.05, 3.63) is 0 Å². The molecule has 1 heterocycles. The molecule has 13 heavy (non-hydrogen) atoms. The Morgan fingerprint density at radius 3 is 2.54 bits per heavy atom.